The fraction of sp³-hybridized carbons (Fsp3) is 0.538. The van der Waals surface area contributed by atoms with Crippen molar-refractivity contribution in [1.29, 1.82) is 0 Å². The molecule has 0 aromatic heterocycles. The zero-order valence-corrected chi connectivity index (χ0v) is 9.86. The summed E-state index contributed by atoms with van der Waals surface area (Å²) in [5.41, 5.74) is 0.896. The van der Waals surface area contributed by atoms with Crippen LogP contribution in [0.4, 0.5) is 0 Å². The van der Waals surface area contributed by atoms with Crippen LogP contribution in [-0.2, 0) is 0 Å². The Morgan fingerprint density at radius 1 is 1.00 bits per heavy atom. The summed E-state index contributed by atoms with van der Waals surface area (Å²) in [5.74, 6) is 0.485. The molecule has 2 nitrogen and oxygen atoms in total. The van der Waals surface area contributed by atoms with Gasteiger partial charge in [-0.1, -0.05) is 38.1 Å². The molecule has 0 aliphatic rings. The average Bonchev–Trinajstić information content (AvgIpc) is 2.15. The molecule has 0 amide bonds. The highest BCUT2D eigenvalue weighted by molar-refractivity contribution is 5.27. The number of rotatable bonds is 3. The third kappa shape index (κ3) is 3.05. The number of hydrogen-bond acceptors (Lipinski definition) is 2. The van der Waals surface area contributed by atoms with E-state index in [2.05, 4.69) is 13.8 Å². The fourth-order valence-corrected chi connectivity index (χ4v) is 1.47. The first-order valence-corrected chi connectivity index (χ1v) is 5.32. The molecular weight excluding hydrogens is 188 g/mol. The minimum atomic E-state index is -1.10. The molecule has 0 radical (unpaired) electrons. The first-order chi connectivity index (χ1) is 6.82. The largest absolute Gasteiger partial charge is 0.387 e. The highest BCUT2D eigenvalue weighted by Gasteiger charge is 2.25. The van der Waals surface area contributed by atoms with Gasteiger partial charge in [0.05, 0.1) is 5.60 Å². The van der Waals surface area contributed by atoms with Crippen molar-refractivity contribution in [2.45, 2.75) is 45.3 Å². The van der Waals surface area contributed by atoms with Gasteiger partial charge in [0.25, 0.3) is 0 Å². The van der Waals surface area contributed by atoms with Gasteiger partial charge in [0.1, 0.15) is 6.10 Å². The van der Waals surface area contributed by atoms with E-state index in [0.29, 0.717) is 5.92 Å². The molecule has 2 N–H and O–H groups in total. The third-order valence-electron chi connectivity index (χ3n) is 2.59. The lowest BCUT2D eigenvalue weighted by atomic mass is 9.93. The molecule has 0 heterocycles. The summed E-state index contributed by atoms with van der Waals surface area (Å²) in [6, 6.07) is 7.74. The third-order valence-corrected chi connectivity index (χ3v) is 2.59. The monoisotopic (exact) mass is 208 g/mol. The Morgan fingerprint density at radius 2 is 1.40 bits per heavy atom. The van der Waals surface area contributed by atoms with Gasteiger partial charge >= 0.3 is 0 Å². The maximum absolute atomic E-state index is 9.84. The van der Waals surface area contributed by atoms with E-state index >= 15 is 0 Å². The van der Waals surface area contributed by atoms with Gasteiger partial charge in [-0.2, -0.15) is 0 Å². The van der Waals surface area contributed by atoms with Crippen LogP contribution < -0.4 is 0 Å². The first kappa shape index (κ1) is 12.2. The van der Waals surface area contributed by atoms with Crippen LogP contribution in [0.25, 0.3) is 0 Å². The number of aliphatic hydroxyl groups is 2. The van der Waals surface area contributed by atoms with Crippen LogP contribution in [-0.4, -0.2) is 15.8 Å². The van der Waals surface area contributed by atoms with E-state index < -0.39 is 11.7 Å². The molecule has 1 atom stereocenters. The Labute approximate surface area is 91.6 Å². The van der Waals surface area contributed by atoms with E-state index in [0.717, 1.165) is 5.56 Å². The molecule has 0 aliphatic heterocycles. The predicted molar refractivity (Wildman–Crippen MR) is 61.8 cm³/mol. The highest BCUT2D eigenvalue weighted by Crippen LogP contribution is 2.26. The SMILES string of the molecule is CC(C)c1ccc(C(O)C(C)(C)O)cc1. The van der Waals surface area contributed by atoms with E-state index in [1.165, 1.54) is 5.56 Å². The summed E-state index contributed by atoms with van der Waals surface area (Å²) in [7, 11) is 0. The standard InChI is InChI=1S/C13H20O2/c1-9(2)10-5-7-11(8-6-10)12(14)13(3,4)15/h5-9,12,14-15H,1-4H3. The summed E-state index contributed by atoms with van der Waals surface area (Å²) in [4.78, 5) is 0. The Balaban J connectivity index is 2.89. The molecule has 0 fully saturated rings. The molecule has 1 unspecified atom stereocenters. The maximum atomic E-state index is 9.84. The van der Waals surface area contributed by atoms with Gasteiger partial charge in [-0.3, -0.25) is 0 Å². The normalized spacial score (nSPS) is 14.3. The summed E-state index contributed by atoms with van der Waals surface area (Å²) >= 11 is 0. The summed E-state index contributed by atoms with van der Waals surface area (Å²) in [6.45, 7) is 7.46. The minimum Gasteiger partial charge on any atom is -0.387 e. The molecule has 84 valence electrons. The van der Waals surface area contributed by atoms with Gasteiger partial charge in [0, 0.05) is 0 Å². The van der Waals surface area contributed by atoms with Crippen molar-refractivity contribution in [2.75, 3.05) is 0 Å². The van der Waals surface area contributed by atoms with Crippen LogP contribution in [0, 0.1) is 0 Å². The zero-order valence-electron chi connectivity index (χ0n) is 9.86. The van der Waals surface area contributed by atoms with Crippen molar-refractivity contribution < 1.29 is 10.2 Å². The second kappa shape index (κ2) is 4.33. The average molecular weight is 208 g/mol. The molecule has 0 aliphatic carbocycles. The van der Waals surface area contributed by atoms with Gasteiger partial charge in [-0.05, 0) is 30.9 Å². The minimum absolute atomic E-state index is 0.485. The van der Waals surface area contributed by atoms with E-state index in [-0.39, 0.29) is 0 Å². The molecular formula is C13H20O2. The molecule has 0 saturated heterocycles. The van der Waals surface area contributed by atoms with Crippen LogP contribution in [0.1, 0.15) is 50.8 Å². The number of aliphatic hydroxyl groups excluding tert-OH is 1. The summed E-state index contributed by atoms with van der Waals surface area (Å²) in [6.07, 6.45) is -0.835. The van der Waals surface area contributed by atoms with Gasteiger partial charge in [0.2, 0.25) is 0 Å². The van der Waals surface area contributed by atoms with E-state index in [9.17, 15) is 10.2 Å². The van der Waals surface area contributed by atoms with Crippen molar-refractivity contribution in [3.05, 3.63) is 35.4 Å². The lowest BCUT2D eigenvalue weighted by molar-refractivity contribution is -0.0496. The predicted octanol–water partition coefficient (Wildman–Crippen LogP) is 2.61. The van der Waals surface area contributed by atoms with E-state index in [1.54, 1.807) is 13.8 Å². The van der Waals surface area contributed by atoms with Gasteiger partial charge < -0.3 is 10.2 Å². The van der Waals surface area contributed by atoms with Gasteiger partial charge in [-0.15, -0.1) is 0 Å². The highest BCUT2D eigenvalue weighted by atomic mass is 16.3. The van der Waals surface area contributed by atoms with Gasteiger partial charge in [-0.25, -0.2) is 0 Å². The zero-order chi connectivity index (χ0) is 11.6. The Hall–Kier alpha value is -0.860. The Kier molecular flexibility index (Phi) is 3.53. The van der Waals surface area contributed by atoms with Gasteiger partial charge in [0.15, 0.2) is 0 Å². The van der Waals surface area contributed by atoms with Crippen molar-refractivity contribution in [2.24, 2.45) is 0 Å². The molecule has 0 bridgehead atoms. The van der Waals surface area contributed by atoms with Crippen LogP contribution in [0.3, 0.4) is 0 Å². The first-order valence-electron chi connectivity index (χ1n) is 5.32. The summed E-state index contributed by atoms with van der Waals surface area (Å²) < 4.78 is 0. The van der Waals surface area contributed by atoms with Crippen LogP contribution in [0.5, 0.6) is 0 Å². The Bertz CT molecular complexity index is 306. The fourth-order valence-electron chi connectivity index (χ4n) is 1.47. The second-order valence-electron chi connectivity index (χ2n) is 4.88. The molecule has 0 spiro atoms. The molecule has 1 aromatic carbocycles. The number of hydrogen-bond donors (Lipinski definition) is 2. The van der Waals surface area contributed by atoms with Crippen LogP contribution in [0.2, 0.25) is 0 Å². The lowest BCUT2D eigenvalue weighted by Crippen LogP contribution is -2.28. The molecule has 15 heavy (non-hydrogen) atoms. The van der Waals surface area contributed by atoms with Crippen molar-refractivity contribution >= 4 is 0 Å². The Morgan fingerprint density at radius 3 is 1.73 bits per heavy atom. The molecule has 2 heteroatoms. The topological polar surface area (TPSA) is 40.5 Å². The molecule has 1 aromatic rings. The second-order valence-corrected chi connectivity index (χ2v) is 4.88. The quantitative estimate of drug-likeness (QED) is 0.801. The number of benzene rings is 1. The molecule has 0 saturated carbocycles. The van der Waals surface area contributed by atoms with Crippen molar-refractivity contribution in [3.8, 4) is 0 Å². The van der Waals surface area contributed by atoms with Crippen LogP contribution >= 0.6 is 0 Å². The smallest absolute Gasteiger partial charge is 0.107 e. The van der Waals surface area contributed by atoms with Crippen molar-refractivity contribution in [3.63, 3.8) is 0 Å². The summed E-state index contributed by atoms with van der Waals surface area (Å²) in [5, 5.41) is 19.5. The van der Waals surface area contributed by atoms with E-state index in [4.69, 9.17) is 0 Å². The van der Waals surface area contributed by atoms with Crippen molar-refractivity contribution in [1.82, 2.24) is 0 Å². The van der Waals surface area contributed by atoms with Crippen LogP contribution in [0.15, 0.2) is 24.3 Å². The molecule has 1 rings (SSSR count). The lowest BCUT2D eigenvalue weighted by Gasteiger charge is -2.25. The maximum Gasteiger partial charge on any atom is 0.107 e. The van der Waals surface area contributed by atoms with E-state index in [1.807, 2.05) is 24.3 Å².